The van der Waals surface area contributed by atoms with Crippen LogP contribution in [-0.4, -0.2) is 11.0 Å². The van der Waals surface area contributed by atoms with Crippen molar-refractivity contribution in [3.63, 3.8) is 0 Å². The minimum atomic E-state index is -4.48. The molecule has 0 aliphatic carbocycles. The zero-order chi connectivity index (χ0) is 20.0. The van der Waals surface area contributed by atoms with Crippen LogP contribution in [0.1, 0.15) is 16.7 Å². The van der Waals surface area contributed by atoms with E-state index >= 15 is 0 Å². The SMILES string of the molecule is O=C(Nc1cncc(C#Cc2ccccc2)c1)Nc1cccc(C(F)(F)F)c1. The Balaban J connectivity index is 1.67. The third kappa shape index (κ3) is 5.35. The molecule has 3 aromatic rings. The molecule has 3 rings (SSSR count). The molecular weight excluding hydrogens is 367 g/mol. The van der Waals surface area contributed by atoms with Crippen LogP contribution in [0.25, 0.3) is 0 Å². The first-order valence-corrected chi connectivity index (χ1v) is 8.17. The van der Waals surface area contributed by atoms with Gasteiger partial charge < -0.3 is 10.6 Å². The first kappa shape index (κ1) is 19.0. The van der Waals surface area contributed by atoms with Crippen LogP contribution in [0.4, 0.5) is 29.3 Å². The van der Waals surface area contributed by atoms with Crippen molar-refractivity contribution in [3.05, 3.63) is 89.7 Å². The number of pyridine rings is 1. The quantitative estimate of drug-likeness (QED) is 0.604. The summed E-state index contributed by atoms with van der Waals surface area (Å²) >= 11 is 0. The Morgan fingerprint density at radius 2 is 1.54 bits per heavy atom. The second-order valence-electron chi connectivity index (χ2n) is 5.74. The number of benzene rings is 2. The van der Waals surface area contributed by atoms with Crippen LogP contribution < -0.4 is 10.6 Å². The zero-order valence-corrected chi connectivity index (χ0v) is 14.4. The fourth-order valence-corrected chi connectivity index (χ4v) is 2.31. The van der Waals surface area contributed by atoms with Crippen molar-refractivity contribution in [1.82, 2.24) is 4.98 Å². The van der Waals surface area contributed by atoms with Crippen molar-refractivity contribution >= 4 is 17.4 Å². The fourth-order valence-electron chi connectivity index (χ4n) is 2.31. The van der Waals surface area contributed by atoms with E-state index in [1.807, 2.05) is 30.3 Å². The van der Waals surface area contributed by atoms with Crippen LogP contribution in [-0.2, 0) is 6.18 Å². The van der Waals surface area contributed by atoms with Crippen molar-refractivity contribution in [1.29, 1.82) is 0 Å². The number of halogens is 3. The van der Waals surface area contributed by atoms with Crippen LogP contribution in [0.15, 0.2) is 73.1 Å². The van der Waals surface area contributed by atoms with Gasteiger partial charge in [0.25, 0.3) is 0 Å². The van der Waals surface area contributed by atoms with Gasteiger partial charge in [-0.15, -0.1) is 0 Å². The van der Waals surface area contributed by atoms with E-state index in [2.05, 4.69) is 27.5 Å². The maximum atomic E-state index is 12.7. The van der Waals surface area contributed by atoms with E-state index in [0.717, 1.165) is 17.7 Å². The van der Waals surface area contributed by atoms with Gasteiger partial charge in [0.05, 0.1) is 17.4 Å². The Bertz CT molecular complexity index is 1040. The molecular formula is C21H14F3N3O. The summed E-state index contributed by atoms with van der Waals surface area (Å²) in [5.74, 6) is 5.92. The van der Waals surface area contributed by atoms with Crippen LogP contribution in [0.2, 0.25) is 0 Å². The Hall–Kier alpha value is -3.79. The van der Waals surface area contributed by atoms with Crippen molar-refractivity contribution in [2.45, 2.75) is 6.18 Å². The molecule has 7 heteroatoms. The number of nitrogens with one attached hydrogen (secondary N) is 2. The zero-order valence-electron chi connectivity index (χ0n) is 14.4. The average molecular weight is 381 g/mol. The Labute approximate surface area is 159 Å². The third-order valence-corrected chi connectivity index (χ3v) is 3.57. The number of carbonyl (C=O) groups excluding carboxylic acids is 1. The standard InChI is InChI=1S/C21H14F3N3O/c22-21(23,24)17-7-4-8-18(12-17)26-20(28)27-19-11-16(13-25-14-19)10-9-15-5-2-1-3-6-15/h1-8,11-14H,(H2,26,27,28). The van der Waals surface area contributed by atoms with Gasteiger partial charge in [-0.1, -0.05) is 36.1 Å². The minimum Gasteiger partial charge on any atom is -0.308 e. The number of hydrogen-bond donors (Lipinski definition) is 2. The number of anilines is 2. The molecule has 1 heterocycles. The summed E-state index contributed by atoms with van der Waals surface area (Å²) in [6.07, 6.45) is -1.52. The lowest BCUT2D eigenvalue weighted by molar-refractivity contribution is -0.137. The highest BCUT2D eigenvalue weighted by molar-refractivity contribution is 5.99. The number of alkyl halides is 3. The molecule has 0 saturated heterocycles. The summed E-state index contributed by atoms with van der Waals surface area (Å²) in [5.41, 5.74) is 0.971. The monoisotopic (exact) mass is 381 g/mol. The van der Waals surface area contributed by atoms with E-state index in [1.54, 1.807) is 12.3 Å². The first-order valence-electron chi connectivity index (χ1n) is 8.17. The molecule has 0 spiro atoms. The lowest BCUT2D eigenvalue weighted by atomic mass is 10.2. The molecule has 140 valence electrons. The molecule has 2 aromatic carbocycles. The van der Waals surface area contributed by atoms with Crippen LogP contribution in [0.5, 0.6) is 0 Å². The van der Waals surface area contributed by atoms with Gasteiger partial charge in [0.2, 0.25) is 0 Å². The van der Waals surface area contributed by atoms with E-state index in [-0.39, 0.29) is 5.69 Å². The highest BCUT2D eigenvalue weighted by Gasteiger charge is 2.30. The molecule has 0 saturated carbocycles. The summed E-state index contributed by atoms with van der Waals surface area (Å²) in [7, 11) is 0. The normalized spacial score (nSPS) is 10.5. The summed E-state index contributed by atoms with van der Waals surface area (Å²) < 4.78 is 38.2. The van der Waals surface area contributed by atoms with Crippen molar-refractivity contribution in [2.24, 2.45) is 0 Å². The summed E-state index contributed by atoms with van der Waals surface area (Å²) in [5, 5.41) is 4.89. The molecule has 0 radical (unpaired) electrons. The van der Waals surface area contributed by atoms with Crippen LogP contribution in [0, 0.1) is 11.8 Å². The molecule has 0 aliphatic heterocycles. The van der Waals surface area contributed by atoms with E-state index in [1.165, 1.54) is 18.3 Å². The summed E-state index contributed by atoms with van der Waals surface area (Å²) in [6, 6.07) is 14.7. The topological polar surface area (TPSA) is 54.0 Å². The number of urea groups is 1. The van der Waals surface area contributed by atoms with Gasteiger partial charge in [-0.05, 0) is 36.4 Å². The number of amides is 2. The van der Waals surface area contributed by atoms with Crippen molar-refractivity contribution in [3.8, 4) is 11.8 Å². The maximum Gasteiger partial charge on any atom is 0.416 e. The second kappa shape index (κ2) is 8.27. The number of aromatic nitrogens is 1. The van der Waals surface area contributed by atoms with E-state index in [9.17, 15) is 18.0 Å². The Kier molecular flexibility index (Phi) is 5.61. The lowest BCUT2D eigenvalue weighted by Gasteiger charge is -2.10. The molecule has 0 bridgehead atoms. The maximum absolute atomic E-state index is 12.7. The molecule has 2 N–H and O–H groups in total. The smallest absolute Gasteiger partial charge is 0.308 e. The molecule has 0 aliphatic rings. The third-order valence-electron chi connectivity index (χ3n) is 3.57. The van der Waals surface area contributed by atoms with Crippen LogP contribution >= 0.6 is 0 Å². The summed E-state index contributed by atoms with van der Waals surface area (Å²) in [6.45, 7) is 0. The number of carbonyl (C=O) groups is 1. The molecule has 1 aromatic heterocycles. The molecule has 4 nitrogen and oxygen atoms in total. The lowest BCUT2D eigenvalue weighted by Crippen LogP contribution is -2.20. The van der Waals surface area contributed by atoms with E-state index in [0.29, 0.717) is 11.3 Å². The van der Waals surface area contributed by atoms with Gasteiger partial charge in [0.1, 0.15) is 0 Å². The van der Waals surface area contributed by atoms with Gasteiger partial charge in [-0.25, -0.2) is 4.79 Å². The fraction of sp³-hybridized carbons (Fsp3) is 0.0476. The highest BCUT2D eigenvalue weighted by Crippen LogP contribution is 2.30. The molecule has 0 atom stereocenters. The highest BCUT2D eigenvalue weighted by atomic mass is 19.4. The van der Waals surface area contributed by atoms with Crippen molar-refractivity contribution < 1.29 is 18.0 Å². The molecule has 0 fully saturated rings. The second-order valence-corrected chi connectivity index (χ2v) is 5.74. The number of hydrogen-bond acceptors (Lipinski definition) is 2. The predicted molar refractivity (Wildman–Crippen MR) is 101 cm³/mol. The molecule has 28 heavy (non-hydrogen) atoms. The Morgan fingerprint density at radius 1 is 0.821 bits per heavy atom. The largest absolute Gasteiger partial charge is 0.416 e. The van der Waals surface area contributed by atoms with E-state index < -0.39 is 17.8 Å². The summed E-state index contributed by atoms with van der Waals surface area (Å²) in [4.78, 5) is 16.1. The van der Waals surface area contributed by atoms with Gasteiger partial charge in [-0.2, -0.15) is 13.2 Å². The first-order chi connectivity index (χ1) is 13.4. The van der Waals surface area contributed by atoms with Crippen LogP contribution in [0.3, 0.4) is 0 Å². The predicted octanol–water partition coefficient (Wildman–Crippen LogP) is 5.14. The van der Waals surface area contributed by atoms with Gasteiger partial charge in [-0.3, -0.25) is 4.98 Å². The minimum absolute atomic E-state index is 0.0281. The number of rotatable bonds is 2. The van der Waals surface area contributed by atoms with E-state index in [4.69, 9.17) is 0 Å². The van der Waals surface area contributed by atoms with Crippen molar-refractivity contribution in [2.75, 3.05) is 10.6 Å². The number of nitrogens with zero attached hydrogens (tertiary/aromatic N) is 1. The Morgan fingerprint density at radius 3 is 2.29 bits per heavy atom. The molecule has 0 unspecified atom stereocenters. The van der Waals surface area contributed by atoms with Gasteiger partial charge >= 0.3 is 12.2 Å². The average Bonchev–Trinajstić information content (AvgIpc) is 2.67. The van der Waals surface area contributed by atoms with Gasteiger partial charge in [0, 0.05) is 23.0 Å². The molecule has 2 amide bonds. The van der Waals surface area contributed by atoms with Gasteiger partial charge in [0.15, 0.2) is 0 Å².